The van der Waals surface area contributed by atoms with Crippen molar-refractivity contribution in [2.45, 2.75) is 19.8 Å². The Morgan fingerprint density at radius 1 is 1.53 bits per heavy atom. The largest absolute Gasteiger partial charge is 0.345 e. The lowest BCUT2D eigenvalue weighted by molar-refractivity contribution is -0.129. The van der Waals surface area contributed by atoms with Gasteiger partial charge in [-0.1, -0.05) is 6.07 Å². The molecule has 1 aromatic rings. The third-order valence-electron chi connectivity index (χ3n) is 2.99. The minimum Gasteiger partial charge on any atom is -0.345 e. The van der Waals surface area contributed by atoms with Gasteiger partial charge < -0.3 is 4.90 Å². The molecule has 3 nitrogen and oxygen atoms in total. The molecule has 1 saturated heterocycles. The van der Waals surface area contributed by atoms with E-state index in [0.717, 1.165) is 30.6 Å². The van der Waals surface area contributed by atoms with E-state index < -0.39 is 0 Å². The number of hydrogen-bond donors (Lipinski definition) is 0. The number of rotatable bonds is 2. The maximum Gasteiger partial charge on any atom is 0.225 e. The van der Waals surface area contributed by atoms with E-state index >= 15 is 0 Å². The van der Waals surface area contributed by atoms with Crippen molar-refractivity contribution in [2.75, 3.05) is 13.6 Å². The summed E-state index contributed by atoms with van der Waals surface area (Å²) in [6.07, 6.45) is 3.68. The summed E-state index contributed by atoms with van der Waals surface area (Å²) in [7, 11) is 1.87. The van der Waals surface area contributed by atoms with Gasteiger partial charge in [0.15, 0.2) is 0 Å². The van der Waals surface area contributed by atoms with Crippen molar-refractivity contribution in [3.8, 4) is 0 Å². The maximum absolute atomic E-state index is 11.7. The quantitative estimate of drug-likeness (QED) is 0.729. The first-order chi connectivity index (χ1) is 7.16. The third kappa shape index (κ3) is 2.17. The molecule has 0 aromatic carbocycles. The van der Waals surface area contributed by atoms with Gasteiger partial charge in [-0.3, -0.25) is 9.78 Å². The fraction of sp³-hybridized carbons (Fsp3) is 0.500. The van der Waals surface area contributed by atoms with Crippen molar-refractivity contribution in [3.05, 3.63) is 29.6 Å². The summed E-state index contributed by atoms with van der Waals surface area (Å²) in [6, 6.07) is 4.06. The molecule has 2 rings (SSSR count). The van der Waals surface area contributed by atoms with E-state index in [9.17, 15) is 4.79 Å². The highest BCUT2D eigenvalue weighted by molar-refractivity contribution is 5.80. The van der Waals surface area contributed by atoms with Gasteiger partial charge in [-0.05, 0) is 31.4 Å². The van der Waals surface area contributed by atoms with Crippen LogP contribution in [0.1, 0.15) is 17.7 Å². The van der Waals surface area contributed by atoms with Crippen LogP contribution in [0.25, 0.3) is 0 Å². The zero-order chi connectivity index (χ0) is 10.8. The predicted octanol–water partition coefficient (Wildman–Crippen LogP) is 1.41. The highest BCUT2D eigenvalue weighted by Crippen LogP contribution is 2.20. The minimum absolute atomic E-state index is 0.166. The van der Waals surface area contributed by atoms with E-state index in [0.29, 0.717) is 0 Å². The fourth-order valence-corrected chi connectivity index (χ4v) is 1.99. The van der Waals surface area contributed by atoms with Crippen LogP contribution >= 0.6 is 0 Å². The molecule has 1 amide bonds. The second-order valence-corrected chi connectivity index (χ2v) is 4.26. The van der Waals surface area contributed by atoms with Gasteiger partial charge >= 0.3 is 0 Å². The Bertz CT molecular complexity index is 358. The molecule has 1 unspecified atom stereocenters. The summed E-state index contributed by atoms with van der Waals surface area (Å²) < 4.78 is 0. The molecule has 0 aliphatic carbocycles. The summed E-state index contributed by atoms with van der Waals surface area (Å²) in [5.41, 5.74) is 2.18. The SMILES string of the molecule is Cc1ccc(CC2CCN(C)C2=O)cn1. The third-order valence-corrected chi connectivity index (χ3v) is 2.99. The lowest BCUT2D eigenvalue weighted by atomic mass is 9.99. The van der Waals surface area contributed by atoms with Crippen molar-refractivity contribution in [1.82, 2.24) is 9.88 Å². The van der Waals surface area contributed by atoms with Crippen LogP contribution in [0.15, 0.2) is 18.3 Å². The number of amides is 1. The van der Waals surface area contributed by atoms with Crippen LogP contribution in [0.5, 0.6) is 0 Å². The van der Waals surface area contributed by atoms with Crippen LogP contribution < -0.4 is 0 Å². The molecule has 15 heavy (non-hydrogen) atoms. The minimum atomic E-state index is 0.166. The van der Waals surface area contributed by atoms with Gasteiger partial charge in [0.1, 0.15) is 0 Å². The summed E-state index contributed by atoms with van der Waals surface area (Å²) in [5.74, 6) is 0.440. The van der Waals surface area contributed by atoms with Gasteiger partial charge in [0.2, 0.25) is 5.91 Å². The van der Waals surface area contributed by atoms with Crippen molar-refractivity contribution in [3.63, 3.8) is 0 Å². The Hall–Kier alpha value is -1.38. The van der Waals surface area contributed by atoms with Gasteiger partial charge in [0.25, 0.3) is 0 Å². The number of likely N-dealkylation sites (tertiary alicyclic amines) is 1. The molecule has 1 atom stereocenters. The first-order valence-electron chi connectivity index (χ1n) is 5.33. The Morgan fingerprint density at radius 2 is 2.33 bits per heavy atom. The molecule has 1 aliphatic rings. The molecule has 2 heterocycles. The van der Waals surface area contributed by atoms with E-state index in [1.165, 1.54) is 0 Å². The van der Waals surface area contributed by atoms with E-state index in [-0.39, 0.29) is 11.8 Å². The number of carbonyl (C=O) groups excluding carboxylic acids is 1. The lowest BCUT2D eigenvalue weighted by Gasteiger charge is -2.09. The van der Waals surface area contributed by atoms with Crippen molar-refractivity contribution in [2.24, 2.45) is 5.92 Å². The van der Waals surface area contributed by atoms with Gasteiger partial charge in [0.05, 0.1) is 0 Å². The highest BCUT2D eigenvalue weighted by atomic mass is 16.2. The normalized spacial score (nSPS) is 21.1. The molecule has 0 spiro atoms. The first-order valence-corrected chi connectivity index (χ1v) is 5.33. The number of nitrogens with zero attached hydrogens (tertiary/aromatic N) is 2. The molecule has 3 heteroatoms. The van der Waals surface area contributed by atoms with Gasteiger partial charge in [-0.2, -0.15) is 0 Å². The van der Waals surface area contributed by atoms with Crippen LogP contribution in [0.2, 0.25) is 0 Å². The number of aromatic nitrogens is 1. The molecule has 0 radical (unpaired) electrons. The summed E-state index contributed by atoms with van der Waals surface area (Å²) in [4.78, 5) is 17.7. The predicted molar refractivity (Wildman–Crippen MR) is 58.4 cm³/mol. The highest BCUT2D eigenvalue weighted by Gasteiger charge is 2.28. The summed E-state index contributed by atoms with van der Waals surface area (Å²) in [5, 5.41) is 0. The molecule has 1 aromatic heterocycles. The molecule has 0 N–H and O–H groups in total. The molecule has 1 fully saturated rings. The van der Waals surface area contributed by atoms with E-state index in [2.05, 4.69) is 11.1 Å². The van der Waals surface area contributed by atoms with Crippen LogP contribution in [0, 0.1) is 12.8 Å². The second-order valence-electron chi connectivity index (χ2n) is 4.26. The number of carbonyl (C=O) groups is 1. The van der Waals surface area contributed by atoms with Crippen LogP contribution in [-0.2, 0) is 11.2 Å². The smallest absolute Gasteiger partial charge is 0.225 e. The zero-order valence-electron chi connectivity index (χ0n) is 9.23. The van der Waals surface area contributed by atoms with E-state index in [1.54, 1.807) is 0 Å². The molecule has 0 bridgehead atoms. The van der Waals surface area contributed by atoms with Gasteiger partial charge in [-0.15, -0.1) is 0 Å². The average Bonchev–Trinajstić information content (AvgIpc) is 2.53. The maximum atomic E-state index is 11.7. The van der Waals surface area contributed by atoms with Crippen LogP contribution in [0.3, 0.4) is 0 Å². The molecular formula is C12H16N2O. The van der Waals surface area contributed by atoms with Crippen molar-refractivity contribution in [1.29, 1.82) is 0 Å². The number of aryl methyl sites for hydroxylation is 1. The summed E-state index contributed by atoms with van der Waals surface area (Å²) in [6.45, 7) is 2.86. The number of pyridine rings is 1. The van der Waals surface area contributed by atoms with Crippen LogP contribution in [0.4, 0.5) is 0 Å². The molecule has 1 aliphatic heterocycles. The van der Waals surface area contributed by atoms with Crippen LogP contribution in [-0.4, -0.2) is 29.4 Å². The lowest BCUT2D eigenvalue weighted by Crippen LogP contribution is -2.23. The van der Waals surface area contributed by atoms with Crippen molar-refractivity contribution >= 4 is 5.91 Å². The fourth-order valence-electron chi connectivity index (χ4n) is 1.99. The topological polar surface area (TPSA) is 33.2 Å². The number of hydrogen-bond acceptors (Lipinski definition) is 2. The van der Waals surface area contributed by atoms with E-state index in [4.69, 9.17) is 0 Å². The first kappa shape index (κ1) is 10.1. The Labute approximate surface area is 90.1 Å². The van der Waals surface area contributed by atoms with Gasteiger partial charge in [0, 0.05) is 31.4 Å². The van der Waals surface area contributed by atoms with Crippen molar-refractivity contribution < 1.29 is 4.79 Å². The molecular weight excluding hydrogens is 188 g/mol. The monoisotopic (exact) mass is 204 g/mol. The van der Waals surface area contributed by atoms with Gasteiger partial charge in [-0.25, -0.2) is 0 Å². The Balaban J connectivity index is 2.03. The molecule has 80 valence electrons. The zero-order valence-corrected chi connectivity index (χ0v) is 9.23. The molecule has 0 saturated carbocycles. The average molecular weight is 204 g/mol. The Morgan fingerprint density at radius 3 is 2.87 bits per heavy atom. The second kappa shape index (κ2) is 4.01. The Kier molecular flexibility index (Phi) is 2.71. The summed E-state index contributed by atoms with van der Waals surface area (Å²) >= 11 is 0. The van der Waals surface area contributed by atoms with E-state index in [1.807, 2.05) is 31.1 Å². The standard InChI is InChI=1S/C12H16N2O/c1-9-3-4-10(8-13-9)7-11-5-6-14(2)12(11)15/h3-4,8,11H,5-7H2,1-2H3.